The molecule has 2 heterocycles. The molecule has 0 saturated heterocycles. The topological polar surface area (TPSA) is 78.4 Å². The molecule has 0 bridgehead atoms. The van der Waals surface area contributed by atoms with Crippen molar-refractivity contribution in [3.8, 4) is 0 Å². The van der Waals surface area contributed by atoms with E-state index >= 15 is 0 Å². The van der Waals surface area contributed by atoms with E-state index in [2.05, 4.69) is 14.7 Å². The predicted molar refractivity (Wildman–Crippen MR) is 99.2 cm³/mol. The molecule has 0 saturated carbocycles. The quantitative estimate of drug-likeness (QED) is 0.906. The summed E-state index contributed by atoms with van der Waals surface area (Å²) in [6.07, 6.45) is 1.03. The molecule has 0 radical (unpaired) electrons. The Bertz CT molecular complexity index is 791. The minimum Gasteiger partial charge on any atom is -0.341 e. The molecule has 2 amide bonds. The van der Waals surface area contributed by atoms with Gasteiger partial charge in [0.2, 0.25) is 16.9 Å². The van der Waals surface area contributed by atoms with Crippen molar-refractivity contribution in [2.75, 3.05) is 28.7 Å². The van der Waals surface area contributed by atoms with Gasteiger partial charge in [0.05, 0.1) is 17.9 Å². The van der Waals surface area contributed by atoms with Crippen LogP contribution in [-0.2, 0) is 16.0 Å². The fourth-order valence-electron chi connectivity index (χ4n) is 2.86. The van der Waals surface area contributed by atoms with Crippen LogP contribution < -0.4 is 15.1 Å². The molecule has 132 valence electrons. The number of benzene rings is 1. The van der Waals surface area contributed by atoms with E-state index in [0.29, 0.717) is 5.69 Å². The number of likely N-dealkylation sites (N-methyl/N-ethyl adjacent to an activating group) is 1. The number of aromatic nitrogens is 2. The number of carbonyl (C=O) groups is 2. The average Bonchev–Trinajstić information content (AvgIpc) is 3.01. The fraction of sp³-hybridized carbons (Fsp3) is 0.412. The van der Waals surface area contributed by atoms with Crippen molar-refractivity contribution in [2.24, 2.45) is 0 Å². The maximum Gasteiger partial charge on any atom is 0.246 e. The highest BCUT2D eigenvalue weighted by atomic mass is 32.1. The Morgan fingerprint density at radius 3 is 2.92 bits per heavy atom. The Kier molecular flexibility index (Phi) is 4.98. The van der Waals surface area contributed by atoms with Crippen LogP contribution in [0.2, 0.25) is 0 Å². The molecule has 1 unspecified atom stereocenters. The Balaban J connectivity index is 1.83. The zero-order valence-corrected chi connectivity index (χ0v) is 15.3. The molecule has 0 aliphatic carbocycles. The number of hydrogen-bond donors (Lipinski definition) is 1. The van der Waals surface area contributed by atoms with Crippen LogP contribution in [0.5, 0.6) is 0 Å². The summed E-state index contributed by atoms with van der Waals surface area (Å²) in [5.74, 6) is 0.620. The zero-order valence-electron chi connectivity index (χ0n) is 14.5. The first-order valence-electron chi connectivity index (χ1n) is 8.24. The Labute approximate surface area is 150 Å². The van der Waals surface area contributed by atoms with Gasteiger partial charge in [-0.3, -0.25) is 9.59 Å². The molecule has 1 aliphatic heterocycles. The Morgan fingerprint density at radius 1 is 1.44 bits per heavy atom. The Morgan fingerprint density at radius 2 is 2.20 bits per heavy atom. The second kappa shape index (κ2) is 7.18. The van der Waals surface area contributed by atoms with E-state index in [1.165, 1.54) is 11.5 Å². The van der Waals surface area contributed by atoms with Crippen LogP contribution >= 0.6 is 11.5 Å². The minimum absolute atomic E-state index is 0.0767. The number of carbonyl (C=O) groups excluding carboxylic acids is 2. The highest BCUT2D eigenvalue weighted by molar-refractivity contribution is 7.09. The van der Waals surface area contributed by atoms with Crippen LogP contribution in [0, 0.1) is 0 Å². The number of nitrogens with one attached hydrogen (secondary N) is 1. The summed E-state index contributed by atoms with van der Waals surface area (Å²) in [5.41, 5.74) is 1.39. The van der Waals surface area contributed by atoms with Crippen LogP contribution in [-0.4, -0.2) is 40.8 Å². The lowest BCUT2D eigenvalue weighted by atomic mass is 10.1. The summed E-state index contributed by atoms with van der Waals surface area (Å²) < 4.78 is 4.26. The van der Waals surface area contributed by atoms with E-state index in [4.69, 9.17) is 0 Å². The second-order valence-corrected chi connectivity index (χ2v) is 6.82. The summed E-state index contributed by atoms with van der Waals surface area (Å²) in [7, 11) is 1.83. The predicted octanol–water partition coefficient (Wildman–Crippen LogP) is 2.30. The first kappa shape index (κ1) is 17.3. The third kappa shape index (κ3) is 3.63. The Hall–Kier alpha value is -2.48. The number of amides is 2. The zero-order chi connectivity index (χ0) is 18.0. The molecule has 2 aromatic rings. The standard InChI is InChI=1S/C17H21N5O2S/c1-4-14-19-17(25-20-14)21(3)10-16(24)22-11(2)9-15(23)18-12-7-5-6-8-13(12)22/h5-8,11H,4,9-10H2,1-3H3,(H,18,23). The van der Waals surface area contributed by atoms with Crippen LogP contribution in [0.1, 0.15) is 26.1 Å². The molecule has 1 aromatic carbocycles. The normalized spacial score (nSPS) is 16.8. The third-order valence-electron chi connectivity index (χ3n) is 4.10. The van der Waals surface area contributed by atoms with Crippen molar-refractivity contribution >= 4 is 39.9 Å². The van der Waals surface area contributed by atoms with Crippen molar-refractivity contribution in [1.29, 1.82) is 0 Å². The van der Waals surface area contributed by atoms with Crippen molar-refractivity contribution in [3.63, 3.8) is 0 Å². The summed E-state index contributed by atoms with van der Waals surface area (Å²) in [6, 6.07) is 7.16. The van der Waals surface area contributed by atoms with Gasteiger partial charge in [0, 0.05) is 37.5 Å². The smallest absolute Gasteiger partial charge is 0.246 e. The van der Waals surface area contributed by atoms with Crippen molar-refractivity contribution in [1.82, 2.24) is 9.36 Å². The summed E-state index contributed by atoms with van der Waals surface area (Å²) >= 11 is 1.29. The number of anilines is 3. The summed E-state index contributed by atoms with van der Waals surface area (Å²) in [4.78, 5) is 32.9. The van der Waals surface area contributed by atoms with Crippen LogP contribution in [0.25, 0.3) is 0 Å². The molecular formula is C17H21N5O2S. The number of aryl methyl sites for hydroxylation is 1. The highest BCUT2D eigenvalue weighted by Crippen LogP contribution is 2.31. The first-order valence-corrected chi connectivity index (χ1v) is 9.01. The molecule has 25 heavy (non-hydrogen) atoms. The van der Waals surface area contributed by atoms with E-state index in [9.17, 15) is 9.59 Å². The van der Waals surface area contributed by atoms with Gasteiger partial charge in [-0.25, -0.2) is 4.98 Å². The van der Waals surface area contributed by atoms with E-state index in [-0.39, 0.29) is 30.8 Å². The van der Waals surface area contributed by atoms with E-state index in [1.54, 1.807) is 9.80 Å². The summed E-state index contributed by atoms with van der Waals surface area (Å²) in [6.45, 7) is 4.06. The van der Waals surface area contributed by atoms with Gasteiger partial charge < -0.3 is 15.1 Å². The molecule has 1 atom stereocenters. The maximum atomic E-state index is 13.0. The number of nitrogens with zero attached hydrogens (tertiary/aromatic N) is 4. The first-order chi connectivity index (χ1) is 12.0. The third-order valence-corrected chi connectivity index (χ3v) is 4.97. The number of hydrogen-bond acceptors (Lipinski definition) is 6. The minimum atomic E-state index is -0.217. The molecule has 8 heteroatoms. The van der Waals surface area contributed by atoms with Gasteiger partial charge in [0.15, 0.2) is 0 Å². The van der Waals surface area contributed by atoms with Crippen LogP contribution in [0.3, 0.4) is 0 Å². The average molecular weight is 359 g/mol. The lowest BCUT2D eigenvalue weighted by Crippen LogP contribution is -2.44. The highest BCUT2D eigenvalue weighted by Gasteiger charge is 2.30. The van der Waals surface area contributed by atoms with Crippen molar-refractivity contribution in [2.45, 2.75) is 32.7 Å². The van der Waals surface area contributed by atoms with Crippen molar-refractivity contribution < 1.29 is 9.59 Å². The molecule has 0 spiro atoms. The van der Waals surface area contributed by atoms with Gasteiger partial charge in [0.1, 0.15) is 5.82 Å². The van der Waals surface area contributed by atoms with Gasteiger partial charge in [-0.05, 0) is 19.1 Å². The number of rotatable bonds is 4. The fourth-order valence-corrected chi connectivity index (χ4v) is 3.57. The van der Waals surface area contributed by atoms with E-state index in [0.717, 1.165) is 23.1 Å². The van der Waals surface area contributed by atoms with E-state index < -0.39 is 0 Å². The number of para-hydroxylation sites is 2. The second-order valence-electron chi connectivity index (χ2n) is 6.09. The largest absolute Gasteiger partial charge is 0.341 e. The van der Waals surface area contributed by atoms with Crippen molar-refractivity contribution in [3.05, 3.63) is 30.1 Å². The van der Waals surface area contributed by atoms with Gasteiger partial charge in [-0.1, -0.05) is 19.1 Å². The number of fused-ring (bicyclic) bond motifs is 1. The van der Waals surface area contributed by atoms with E-state index in [1.807, 2.05) is 45.2 Å². The molecular weight excluding hydrogens is 338 g/mol. The van der Waals surface area contributed by atoms with Gasteiger partial charge in [-0.15, -0.1) is 0 Å². The van der Waals surface area contributed by atoms with Gasteiger partial charge in [0.25, 0.3) is 0 Å². The van der Waals surface area contributed by atoms with Gasteiger partial charge >= 0.3 is 0 Å². The molecule has 1 aliphatic rings. The summed E-state index contributed by atoms with van der Waals surface area (Å²) in [5, 5.41) is 3.58. The molecule has 1 N–H and O–H groups in total. The van der Waals surface area contributed by atoms with Crippen LogP contribution in [0.4, 0.5) is 16.5 Å². The monoisotopic (exact) mass is 359 g/mol. The molecule has 0 fully saturated rings. The van der Waals surface area contributed by atoms with Gasteiger partial charge in [-0.2, -0.15) is 4.37 Å². The lowest BCUT2D eigenvalue weighted by Gasteiger charge is -2.29. The molecule has 1 aromatic heterocycles. The lowest BCUT2D eigenvalue weighted by molar-refractivity contribution is -0.118. The van der Waals surface area contributed by atoms with Crippen LogP contribution in [0.15, 0.2) is 24.3 Å². The molecule has 3 rings (SSSR count). The SMILES string of the molecule is CCc1nsc(N(C)CC(=O)N2c3ccccc3NC(=O)CC2C)n1. The molecule has 7 nitrogen and oxygen atoms in total. The maximum absolute atomic E-state index is 13.0.